The average Bonchev–Trinajstić information content (AvgIpc) is 2.60. The molecule has 4 heteroatoms. The number of nitriles is 1. The molecular weight excluding hydrogens is 286 g/mol. The van der Waals surface area contributed by atoms with Gasteiger partial charge >= 0.3 is 0 Å². The van der Waals surface area contributed by atoms with Crippen LogP contribution < -0.4 is 9.80 Å². The lowest BCUT2D eigenvalue weighted by molar-refractivity contribution is 0.0986. The zero-order chi connectivity index (χ0) is 16.4. The molecule has 23 heavy (non-hydrogen) atoms. The molecular formula is C19H19N3O. The second kappa shape index (κ2) is 6.13. The molecule has 1 aliphatic rings. The maximum Gasteiger partial charge on any atom is 0.258 e. The van der Waals surface area contributed by atoms with Gasteiger partial charge in [-0.25, -0.2) is 0 Å². The Morgan fingerprint density at radius 1 is 1.09 bits per heavy atom. The van der Waals surface area contributed by atoms with E-state index in [0.29, 0.717) is 23.7 Å². The number of amides is 1. The van der Waals surface area contributed by atoms with Crippen molar-refractivity contribution in [2.24, 2.45) is 0 Å². The van der Waals surface area contributed by atoms with Crippen molar-refractivity contribution in [3.8, 4) is 6.07 Å². The molecule has 0 aromatic heterocycles. The minimum absolute atomic E-state index is 0.0574. The Kier molecular flexibility index (Phi) is 4.03. The van der Waals surface area contributed by atoms with Gasteiger partial charge in [-0.1, -0.05) is 18.2 Å². The van der Waals surface area contributed by atoms with E-state index in [-0.39, 0.29) is 5.91 Å². The minimum atomic E-state index is -0.0574. The number of anilines is 2. The zero-order valence-electron chi connectivity index (χ0n) is 13.4. The largest absolute Gasteiger partial charge is 0.366 e. The fraction of sp³-hybridized carbons (Fsp3) is 0.263. The van der Waals surface area contributed by atoms with Crippen LogP contribution in [-0.2, 0) is 0 Å². The molecule has 1 amide bonds. The molecule has 0 spiro atoms. The number of hydrogen-bond donors (Lipinski definition) is 0. The van der Waals surface area contributed by atoms with E-state index >= 15 is 0 Å². The number of carbonyl (C=O) groups excluding carboxylic acids is 1. The standard InChI is InChI=1S/C19H19N3O/c1-14(2)21-10-11-22(18-9-4-3-8-17(18)21)19(23)16-7-5-6-15(12-16)13-20/h3-9,12,14H,10-11H2,1-2H3. The third kappa shape index (κ3) is 2.78. The molecule has 116 valence electrons. The molecule has 0 fully saturated rings. The van der Waals surface area contributed by atoms with Gasteiger partial charge in [0.15, 0.2) is 0 Å². The van der Waals surface area contributed by atoms with Gasteiger partial charge in [0.2, 0.25) is 0 Å². The maximum absolute atomic E-state index is 12.9. The van der Waals surface area contributed by atoms with Gasteiger partial charge in [-0.15, -0.1) is 0 Å². The topological polar surface area (TPSA) is 47.3 Å². The Bertz CT molecular complexity index is 776. The van der Waals surface area contributed by atoms with Gasteiger partial charge in [-0.3, -0.25) is 4.79 Å². The highest BCUT2D eigenvalue weighted by Crippen LogP contribution is 2.34. The Morgan fingerprint density at radius 3 is 2.52 bits per heavy atom. The van der Waals surface area contributed by atoms with Crippen LogP contribution >= 0.6 is 0 Å². The summed E-state index contributed by atoms with van der Waals surface area (Å²) in [5.74, 6) is -0.0574. The number of para-hydroxylation sites is 2. The highest BCUT2D eigenvalue weighted by atomic mass is 16.2. The fourth-order valence-corrected chi connectivity index (χ4v) is 3.01. The number of fused-ring (bicyclic) bond motifs is 1. The van der Waals surface area contributed by atoms with Crippen LogP contribution in [0.3, 0.4) is 0 Å². The Labute approximate surface area is 136 Å². The van der Waals surface area contributed by atoms with Crippen LogP contribution in [0.4, 0.5) is 11.4 Å². The summed E-state index contributed by atoms with van der Waals surface area (Å²) in [6, 6.07) is 17.3. The number of benzene rings is 2. The maximum atomic E-state index is 12.9. The van der Waals surface area contributed by atoms with Gasteiger partial charge in [0, 0.05) is 24.7 Å². The molecule has 4 nitrogen and oxygen atoms in total. The van der Waals surface area contributed by atoms with E-state index < -0.39 is 0 Å². The molecule has 0 saturated heterocycles. The molecule has 0 saturated carbocycles. The number of carbonyl (C=O) groups is 1. The van der Waals surface area contributed by atoms with Gasteiger partial charge < -0.3 is 9.80 Å². The molecule has 2 aromatic carbocycles. The lowest BCUT2D eigenvalue weighted by Crippen LogP contribution is -2.46. The first-order valence-corrected chi connectivity index (χ1v) is 7.79. The van der Waals surface area contributed by atoms with E-state index in [9.17, 15) is 4.79 Å². The van der Waals surface area contributed by atoms with Crippen LogP contribution in [0, 0.1) is 11.3 Å². The van der Waals surface area contributed by atoms with Gasteiger partial charge in [0.1, 0.15) is 0 Å². The number of rotatable bonds is 2. The summed E-state index contributed by atoms with van der Waals surface area (Å²) in [5.41, 5.74) is 3.07. The summed E-state index contributed by atoms with van der Waals surface area (Å²) < 4.78 is 0. The van der Waals surface area contributed by atoms with Crippen molar-refractivity contribution in [2.45, 2.75) is 19.9 Å². The summed E-state index contributed by atoms with van der Waals surface area (Å²) >= 11 is 0. The van der Waals surface area contributed by atoms with Crippen molar-refractivity contribution in [1.82, 2.24) is 0 Å². The monoisotopic (exact) mass is 305 g/mol. The van der Waals surface area contributed by atoms with Gasteiger partial charge in [-0.05, 0) is 44.2 Å². The summed E-state index contributed by atoms with van der Waals surface area (Å²) in [6.07, 6.45) is 0. The van der Waals surface area contributed by atoms with Crippen LogP contribution in [0.1, 0.15) is 29.8 Å². The number of hydrogen-bond acceptors (Lipinski definition) is 3. The first-order valence-electron chi connectivity index (χ1n) is 7.79. The quantitative estimate of drug-likeness (QED) is 0.854. The van der Waals surface area contributed by atoms with Gasteiger partial charge in [0.05, 0.1) is 23.0 Å². The van der Waals surface area contributed by atoms with Crippen LogP contribution in [-0.4, -0.2) is 25.0 Å². The van der Waals surface area contributed by atoms with E-state index in [2.05, 4.69) is 30.9 Å². The molecule has 0 atom stereocenters. The predicted molar refractivity (Wildman–Crippen MR) is 91.8 cm³/mol. The molecule has 0 N–H and O–H groups in total. The molecule has 0 bridgehead atoms. The van der Waals surface area contributed by atoms with E-state index in [1.165, 1.54) is 0 Å². The highest BCUT2D eigenvalue weighted by Gasteiger charge is 2.28. The lowest BCUT2D eigenvalue weighted by atomic mass is 10.1. The second-order valence-corrected chi connectivity index (χ2v) is 5.93. The zero-order valence-corrected chi connectivity index (χ0v) is 13.4. The summed E-state index contributed by atoms with van der Waals surface area (Å²) in [7, 11) is 0. The van der Waals surface area contributed by atoms with Gasteiger partial charge in [-0.2, -0.15) is 5.26 Å². The van der Waals surface area contributed by atoms with E-state index in [1.54, 1.807) is 24.3 Å². The van der Waals surface area contributed by atoms with E-state index in [0.717, 1.165) is 17.9 Å². The van der Waals surface area contributed by atoms with Crippen molar-refractivity contribution in [3.05, 3.63) is 59.7 Å². The summed E-state index contributed by atoms with van der Waals surface area (Å²) in [6.45, 7) is 5.76. The molecule has 1 heterocycles. The smallest absolute Gasteiger partial charge is 0.258 e. The Morgan fingerprint density at radius 2 is 1.83 bits per heavy atom. The second-order valence-electron chi connectivity index (χ2n) is 5.93. The Balaban J connectivity index is 1.99. The summed E-state index contributed by atoms with van der Waals surface area (Å²) in [5, 5.41) is 9.03. The average molecular weight is 305 g/mol. The van der Waals surface area contributed by atoms with Crippen LogP contribution in [0.2, 0.25) is 0 Å². The molecule has 0 unspecified atom stereocenters. The third-order valence-corrected chi connectivity index (χ3v) is 4.15. The molecule has 2 aromatic rings. The van der Waals surface area contributed by atoms with E-state index in [4.69, 9.17) is 5.26 Å². The first kappa shape index (κ1) is 15.1. The predicted octanol–water partition coefficient (Wildman–Crippen LogP) is 3.43. The minimum Gasteiger partial charge on any atom is -0.366 e. The van der Waals surface area contributed by atoms with Crippen molar-refractivity contribution < 1.29 is 4.79 Å². The van der Waals surface area contributed by atoms with Crippen LogP contribution in [0.5, 0.6) is 0 Å². The van der Waals surface area contributed by atoms with Crippen molar-refractivity contribution in [1.29, 1.82) is 5.26 Å². The molecule has 0 aliphatic carbocycles. The number of nitrogens with zero attached hydrogens (tertiary/aromatic N) is 3. The highest BCUT2D eigenvalue weighted by molar-refractivity contribution is 6.08. The molecule has 3 rings (SSSR count). The Hall–Kier alpha value is -2.80. The van der Waals surface area contributed by atoms with Crippen molar-refractivity contribution in [3.63, 3.8) is 0 Å². The lowest BCUT2D eigenvalue weighted by Gasteiger charge is -2.40. The fourth-order valence-electron chi connectivity index (χ4n) is 3.01. The third-order valence-electron chi connectivity index (χ3n) is 4.15. The summed E-state index contributed by atoms with van der Waals surface area (Å²) in [4.78, 5) is 17.0. The molecule has 1 aliphatic heterocycles. The van der Waals surface area contributed by atoms with Crippen molar-refractivity contribution in [2.75, 3.05) is 22.9 Å². The van der Waals surface area contributed by atoms with Crippen LogP contribution in [0.15, 0.2) is 48.5 Å². The van der Waals surface area contributed by atoms with Crippen LogP contribution in [0.25, 0.3) is 0 Å². The van der Waals surface area contributed by atoms with Gasteiger partial charge in [0.25, 0.3) is 5.91 Å². The normalized spacial score (nSPS) is 13.7. The first-order chi connectivity index (χ1) is 11.1. The SMILES string of the molecule is CC(C)N1CCN(C(=O)c2cccc(C#N)c2)c2ccccc21. The van der Waals surface area contributed by atoms with E-state index in [1.807, 2.05) is 23.1 Å². The molecule has 0 radical (unpaired) electrons. The van der Waals surface area contributed by atoms with Crippen molar-refractivity contribution >= 4 is 17.3 Å².